The number of aryl methyl sites for hydroxylation is 1. The van der Waals surface area contributed by atoms with Gasteiger partial charge in [-0.3, -0.25) is 14.7 Å². The summed E-state index contributed by atoms with van der Waals surface area (Å²) in [5.74, 6) is -0.0589. The lowest BCUT2D eigenvalue weighted by atomic mass is 10.0. The average Bonchev–Trinajstić information content (AvgIpc) is 2.91. The minimum Gasteiger partial charge on any atom is -0.366 e. The summed E-state index contributed by atoms with van der Waals surface area (Å²) in [7, 11) is 0. The zero-order chi connectivity index (χ0) is 24.9. The molecule has 4 aromatic rings. The van der Waals surface area contributed by atoms with Crippen molar-refractivity contribution in [2.45, 2.75) is 26.3 Å². The number of hydrogen-bond donors (Lipinski definition) is 1. The van der Waals surface area contributed by atoms with Crippen LogP contribution in [0.5, 0.6) is 0 Å². The number of carbonyl (C=O) groups excluding carboxylic acids is 1. The first-order chi connectivity index (χ1) is 17.6. The molecule has 1 N–H and O–H groups in total. The number of nitrogens with zero attached hydrogens (tertiary/aromatic N) is 4. The third kappa shape index (κ3) is 5.39. The zero-order valence-corrected chi connectivity index (χ0v) is 21.0. The molecule has 0 saturated carbocycles. The van der Waals surface area contributed by atoms with Crippen LogP contribution in [-0.2, 0) is 0 Å². The third-order valence-electron chi connectivity index (χ3n) is 6.90. The maximum absolute atomic E-state index is 13.2. The minimum atomic E-state index is -0.0589. The molecule has 1 saturated heterocycles. The molecule has 184 valence electrons. The van der Waals surface area contributed by atoms with Crippen molar-refractivity contribution < 1.29 is 4.79 Å². The van der Waals surface area contributed by atoms with Crippen molar-refractivity contribution in [3.05, 3.63) is 90.3 Å². The van der Waals surface area contributed by atoms with Crippen LogP contribution in [0.1, 0.15) is 29.3 Å². The van der Waals surface area contributed by atoms with E-state index in [0.717, 1.165) is 54.8 Å². The van der Waals surface area contributed by atoms with E-state index in [0.29, 0.717) is 18.2 Å². The van der Waals surface area contributed by atoms with Gasteiger partial charge in [-0.05, 0) is 68.8 Å². The summed E-state index contributed by atoms with van der Waals surface area (Å²) in [4.78, 5) is 27.2. The first-order valence-corrected chi connectivity index (χ1v) is 12.7. The number of rotatable bonds is 7. The normalized spacial score (nSPS) is 16.3. The van der Waals surface area contributed by atoms with Gasteiger partial charge < -0.3 is 10.2 Å². The molecule has 6 nitrogen and oxygen atoms in total. The lowest BCUT2D eigenvalue weighted by Gasteiger charge is -2.41. The largest absolute Gasteiger partial charge is 0.366 e. The SMILES string of the molecule is Cc1cccc(N2CCN(CCCNC(=O)c3cc(-c4cccnc4)nc4ccccc34)C[C@@H]2C)c1. The van der Waals surface area contributed by atoms with Gasteiger partial charge in [0.05, 0.1) is 16.8 Å². The van der Waals surface area contributed by atoms with E-state index in [9.17, 15) is 4.79 Å². The fourth-order valence-electron chi connectivity index (χ4n) is 5.05. The predicted octanol–water partition coefficient (Wildman–Crippen LogP) is 4.94. The molecule has 1 aliphatic heterocycles. The van der Waals surface area contributed by atoms with Gasteiger partial charge in [-0.15, -0.1) is 0 Å². The van der Waals surface area contributed by atoms with Crippen LogP contribution in [0.3, 0.4) is 0 Å². The van der Waals surface area contributed by atoms with Crippen molar-refractivity contribution in [3.8, 4) is 11.3 Å². The lowest BCUT2D eigenvalue weighted by Crippen LogP contribution is -2.52. The van der Waals surface area contributed by atoms with Crippen molar-refractivity contribution in [1.29, 1.82) is 0 Å². The van der Waals surface area contributed by atoms with E-state index in [4.69, 9.17) is 4.98 Å². The Hall–Kier alpha value is -3.77. The molecule has 0 unspecified atom stereocenters. The zero-order valence-electron chi connectivity index (χ0n) is 21.0. The molecule has 5 rings (SSSR count). The molecule has 2 aromatic heterocycles. The summed E-state index contributed by atoms with van der Waals surface area (Å²) < 4.78 is 0. The second kappa shape index (κ2) is 10.9. The van der Waals surface area contributed by atoms with E-state index in [-0.39, 0.29) is 5.91 Å². The number of benzene rings is 2. The number of para-hydroxylation sites is 1. The van der Waals surface area contributed by atoms with E-state index in [2.05, 4.69) is 58.2 Å². The maximum Gasteiger partial charge on any atom is 0.252 e. The first-order valence-electron chi connectivity index (χ1n) is 12.7. The molecule has 0 bridgehead atoms. The van der Waals surface area contributed by atoms with Crippen LogP contribution in [-0.4, -0.2) is 59.5 Å². The second-order valence-electron chi connectivity index (χ2n) is 9.61. The van der Waals surface area contributed by atoms with Gasteiger partial charge in [0, 0.05) is 61.3 Å². The molecule has 1 aliphatic rings. The molecular formula is C30H33N5O. The highest BCUT2D eigenvalue weighted by atomic mass is 16.1. The number of nitrogens with one attached hydrogen (secondary N) is 1. The van der Waals surface area contributed by atoms with Crippen molar-refractivity contribution in [1.82, 2.24) is 20.2 Å². The number of amides is 1. The van der Waals surface area contributed by atoms with Gasteiger partial charge in [0.15, 0.2) is 0 Å². The summed E-state index contributed by atoms with van der Waals surface area (Å²) in [6, 6.07) is 22.7. The summed E-state index contributed by atoms with van der Waals surface area (Å²) in [6.07, 6.45) is 4.43. The van der Waals surface area contributed by atoms with Crippen molar-refractivity contribution in [2.24, 2.45) is 0 Å². The quantitative estimate of drug-likeness (QED) is 0.381. The van der Waals surface area contributed by atoms with Crippen molar-refractivity contribution in [2.75, 3.05) is 37.6 Å². The topological polar surface area (TPSA) is 61.4 Å². The molecule has 6 heteroatoms. The van der Waals surface area contributed by atoms with Crippen molar-refractivity contribution >= 4 is 22.5 Å². The van der Waals surface area contributed by atoms with Crippen LogP contribution in [0.25, 0.3) is 22.2 Å². The van der Waals surface area contributed by atoms with Gasteiger partial charge >= 0.3 is 0 Å². The van der Waals surface area contributed by atoms with Gasteiger partial charge in [-0.1, -0.05) is 30.3 Å². The monoisotopic (exact) mass is 479 g/mol. The van der Waals surface area contributed by atoms with E-state index >= 15 is 0 Å². The Morgan fingerprint density at radius 1 is 1.06 bits per heavy atom. The van der Waals surface area contributed by atoms with Gasteiger partial charge in [0.25, 0.3) is 5.91 Å². The fraction of sp³-hybridized carbons (Fsp3) is 0.300. The van der Waals surface area contributed by atoms with Gasteiger partial charge in [0.2, 0.25) is 0 Å². The Bertz CT molecular complexity index is 1340. The summed E-state index contributed by atoms with van der Waals surface area (Å²) >= 11 is 0. The number of piperazine rings is 1. The van der Waals surface area contributed by atoms with Crippen LogP contribution in [0.4, 0.5) is 5.69 Å². The standard InChI is InChI=1S/C30H33N5O/c1-22-8-5-10-25(18-22)35-17-16-34(21-23(35)2)15-7-14-32-30(36)27-19-29(24-9-6-13-31-20-24)33-28-12-4-3-11-26(27)28/h3-6,8-13,18-20,23H,7,14-17,21H2,1-2H3,(H,32,36)/t23-/m0/s1. The van der Waals surface area contributed by atoms with Crippen LogP contribution in [0, 0.1) is 6.92 Å². The molecule has 1 fully saturated rings. The predicted molar refractivity (Wildman–Crippen MR) is 146 cm³/mol. The number of carbonyl (C=O) groups is 1. The maximum atomic E-state index is 13.2. The van der Waals surface area contributed by atoms with E-state index in [1.54, 1.807) is 12.4 Å². The van der Waals surface area contributed by atoms with Crippen LogP contribution in [0.2, 0.25) is 0 Å². The Kier molecular flexibility index (Phi) is 7.23. The molecule has 1 atom stereocenters. The smallest absolute Gasteiger partial charge is 0.252 e. The molecule has 36 heavy (non-hydrogen) atoms. The molecule has 0 radical (unpaired) electrons. The van der Waals surface area contributed by atoms with E-state index in [1.165, 1.54) is 11.3 Å². The third-order valence-corrected chi connectivity index (χ3v) is 6.90. The summed E-state index contributed by atoms with van der Waals surface area (Å²) in [5.41, 5.74) is 5.73. The highest BCUT2D eigenvalue weighted by Gasteiger charge is 2.23. The molecule has 0 spiro atoms. The molecular weight excluding hydrogens is 446 g/mol. The van der Waals surface area contributed by atoms with Crippen LogP contribution >= 0.6 is 0 Å². The number of hydrogen-bond acceptors (Lipinski definition) is 5. The van der Waals surface area contributed by atoms with E-state index in [1.807, 2.05) is 42.5 Å². The van der Waals surface area contributed by atoms with Crippen LogP contribution < -0.4 is 10.2 Å². The average molecular weight is 480 g/mol. The Labute approximate surface area is 213 Å². The Morgan fingerprint density at radius 2 is 1.94 bits per heavy atom. The number of fused-ring (bicyclic) bond motifs is 1. The van der Waals surface area contributed by atoms with Gasteiger partial charge in [0.1, 0.15) is 0 Å². The highest BCUT2D eigenvalue weighted by Crippen LogP contribution is 2.25. The molecule has 1 amide bonds. The molecule has 2 aromatic carbocycles. The lowest BCUT2D eigenvalue weighted by molar-refractivity contribution is 0.0952. The number of pyridine rings is 2. The molecule has 3 heterocycles. The van der Waals surface area contributed by atoms with Crippen LogP contribution in [0.15, 0.2) is 79.1 Å². The Morgan fingerprint density at radius 3 is 2.75 bits per heavy atom. The van der Waals surface area contributed by atoms with Gasteiger partial charge in [-0.2, -0.15) is 0 Å². The highest BCUT2D eigenvalue weighted by molar-refractivity contribution is 6.07. The van der Waals surface area contributed by atoms with Gasteiger partial charge in [-0.25, -0.2) is 4.98 Å². The Balaban J connectivity index is 1.18. The number of aromatic nitrogens is 2. The first kappa shape index (κ1) is 23.9. The van der Waals surface area contributed by atoms with E-state index < -0.39 is 0 Å². The van der Waals surface area contributed by atoms with Crippen molar-refractivity contribution in [3.63, 3.8) is 0 Å². The summed E-state index contributed by atoms with van der Waals surface area (Å²) in [6.45, 7) is 9.16. The second-order valence-corrected chi connectivity index (χ2v) is 9.61. The molecule has 0 aliphatic carbocycles. The fourth-order valence-corrected chi connectivity index (χ4v) is 5.05. The number of anilines is 1. The summed E-state index contributed by atoms with van der Waals surface area (Å²) in [5, 5.41) is 4.01. The minimum absolute atomic E-state index is 0.0589.